The Hall–Kier alpha value is -1.31. The average molecular weight is 373 g/mol. The Labute approximate surface area is 125 Å². The average Bonchev–Trinajstić information content (AvgIpc) is 2.79. The maximum absolute atomic E-state index is 12.1. The van der Waals surface area contributed by atoms with E-state index in [1.807, 2.05) is 25.1 Å². The molecule has 6 heteroatoms. The fourth-order valence-corrected chi connectivity index (χ4v) is 2.43. The van der Waals surface area contributed by atoms with E-state index in [0.717, 1.165) is 9.26 Å². The molecule has 1 atom stereocenters. The van der Waals surface area contributed by atoms with Crippen molar-refractivity contribution in [3.63, 3.8) is 0 Å². The van der Waals surface area contributed by atoms with Gasteiger partial charge in [-0.25, -0.2) is 4.79 Å². The lowest BCUT2D eigenvalue weighted by molar-refractivity contribution is -0.128. The molecule has 2 N–H and O–H groups in total. The van der Waals surface area contributed by atoms with Crippen LogP contribution >= 0.6 is 22.6 Å². The molecule has 0 bridgehead atoms. The van der Waals surface area contributed by atoms with E-state index < -0.39 is 6.04 Å². The van der Waals surface area contributed by atoms with Gasteiger partial charge in [0.1, 0.15) is 6.04 Å². The number of nitrogens with zero attached hydrogens (tertiary/aromatic N) is 1. The summed E-state index contributed by atoms with van der Waals surface area (Å²) < 4.78 is 1.14. The number of aryl methyl sites for hydroxylation is 1. The first-order chi connectivity index (χ1) is 8.99. The summed E-state index contributed by atoms with van der Waals surface area (Å²) in [5.41, 5.74) is 2.08. The number of anilines is 1. The van der Waals surface area contributed by atoms with Crippen molar-refractivity contribution >= 4 is 40.2 Å². The molecule has 3 amide bonds. The number of hydrogen-bond acceptors (Lipinski definition) is 3. The summed E-state index contributed by atoms with van der Waals surface area (Å²) in [5.74, 6) is -0.203. The first kappa shape index (κ1) is 14.1. The first-order valence-corrected chi connectivity index (χ1v) is 7.19. The van der Waals surface area contributed by atoms with Gasteiger partial charge in [0.2, 0.25) is 0 Å². The minimum absolute atomic E-state index is 0.203. The molecular formula is C13H16IN3O2. The van der Waals surface area contributed by atoms with Crippen molar-refractivity contribution in [1.29, 1.82) is 0 Å². The third-order valence-electron chi connectivity index (χ3n) is 3.05. The Balaban J connectivity index is 2.03. The molecule has 102 valence electrons. The largest absolute Gasteiger partial charge is 0.374 e. The summed E-state index contributed by atoms with van der Waals surface area (Å²) in [4.78, 5) is 24.8. The van der Waals surface area contributed by atoms with Crippen LogP contribution in [0.3, 0.4) is 0 Å². The van der Waals surface area contributed by atoms with Gasteiger partial charge in [0.15, 0.2) is 0 Å². The van der Waals surface area contributed by atoms with Crippen LogP contribution in [0.4, 0.5) is 10.5 Å². The van der Waals surface area contributed by atoms with Crippen LogP contribution in [0.1, 0.15) is 12.5 Å². The standard InChI is InChI=1S/C13H16IN3O2/c1-8-3-4-10(7-11(8)14)16-9(2)12(18)17-6-5-15-13(17)19/h3-4,7,9,16H,5-6H2,1-2H3,(H,15,19)/t9-/m1/s1. The van der Waals surface area contributed by atoms with Crippen molar-refractivity contribution in [2.45, 2.75) is 19.9 Å². The van der Waals surface area contributed by atoms with Gasteiger partial charge in [-0.1, -0.05) is 6.07 Å². The number of amides is 3. The number of urea groups is 1. The molecule has 0 aliphatic carbocycles. The Morgan fingerprint density at radius 3 is 2.84 bits per heavy atom. The number of halogens is 1. The summed E-state index contributed by atoms with van der Waals surface area (Å²) in [7, 11) is 0. The normalized spacial score (nSPS) is 16.2. The van der Waals surface area contributed by atoms with E-state index >= 15 is 0 Å². The topological polar surface area (TPSA) is 61.4 Å². The zero-order valence-corrected chi connectivity index (χ0v) is 13.0. The lowest BCUT2D eigenvalue weighted by Crippen LogP contribution is -2.43. The summed E-state index contributed by atoms with van der Waals surface area (Å²) >= 11 is 2.26. The van der Waals surface area contributed by atoms with E-state index in [0.29, 0.717) is 13.1 Å². The number of nitrogens with one attached hydrogen (secondary N) is 2. The predicted octanol–water partition coefficient (Wildman–Crippen LogP) is 1.95. The van der Waals surface area contributed by atoms with Crippen LogP contribution in [0.5, 0.6) is 0 Å². The van der Waals surface area contributed by atoms with Gasteiger partial charge in [-0.2, -0.15) is 0 Å². The van der Waals surface area contributed by atoms with Gasteiger partial charge in [-0.3, -0.25) is 9.69 Å². The van der Waals surface area contributed by atoms with E-state index in [1.54, 1.807) is 6.92 Å². The molecule has 0 saturated carbocycles. The number of benzene rings is 1. The highest BCUT2D eigenvalue weighted by Crippen LogP contribution is 2.18. The summed E-state index contributed by atoms with van der Waals surface area (Å²) in [6, 6.07) is 5.19. The van der Waals surface area contributed by atoms with Crippen molar-refractivity contribution < 1.29 is 9.59 Å². The number of carbonyl (C=O) groups is 2. The number of rotatable bonds is 3. The van der Waals surface area contributed by atoms with Crippen molar-refractivity contribution in [2.24, 2.45) is 0 Å². The van der Waals surface area contributed by atoms with Crippen molar-refractivity contribution in [2.75, 3.05) is 18.4 Å². The van der Waals surface area contributed by atoms with Crippen LogP contribution < -0.4 is 10.6 Å². The molecule has 1 aliphatic heterocycles. The van der Waals surface area contributed by atoms with Crippen LogP contribution in [0.25, 0.3) is 0 Å². The summed E-state index contributed by atoms with van der Waals surface area (Å²) in [6.45, 7) is 4.77. The third kappa shape index (κ3) is 3.17. The van der Waals surface area contributed by atoms with E-state index in [1.165, 1.54) is 10.5 Å². The van der Waals surface area contributed by atoms with E-state index in [9.17, 15) is 9.59 Å². The highest BCUT2D eigenvalue weighted by Gasteiger charge is 2.29. The van der Waals surface area contributed by atoms with Gasteiger partial charge in [0, 0.05) is 22.3 Å². The molecule has 19 heavy (non-hydrogen) atoms. The van der Waals surface area contributed by atoms with Crippen LogP contribution in [0.15, 0.2) is 18.2 Å². The SMILES string of the molecule is Cc1ccc(N[C@H](C)C(=O)N2CCNC2=O)cc1I. The van der Waals surface area contributed by atoms with Crippen LogP contribution in [-0.2, 0) is 4.79 Å². The van der Waals surface area contributed by atoms with Gasteiger partial charge in [0.05, 0.1) is 0 Å². The quantitative estimate of drug-likeness (QED) is 0.797. The Kier molecular flexibility index (Phi) is 4.28. The van der Waals surface area contributed by atoms with Crippen LogP contribution in [0, 0.1) is 10.5 Å². The van der Waals surface area contributed by atoms with Gasteiger partial charge in [-0.05, 0) is 54.1 Å². The Bertz CT molecular complexity index is 519. The van der Waals surface area contributed by atoms with Gasteiger partial charge in [-0.15, -0.1) is 0 Å². The van der Waals surface area contributed by atoms with Gasteiger partial charge >= 0.3 is 6.03 Å². The maximum Gasteiger partial charge on any atom is 0.324 e. The highest BCUT2D eigenvalue weighted by atomic mass is 127. The van der Waals surface area contributed by atoms with Crippen molar-refractivity contribution in [1.82, 2.24) is 10.2 Å². The van der Waals surface area contributed by atoms with Gasteiger partial charge < -0.3 is 10.6 Å². The number of carbonyl (C=O) groups excluding carboxylic acids is 2. The van der Waals surface area contributed by atoms with E-state index in [2.05, 4.69) is 33.2 Å². The zero-order chi connectivity index (χ0) is 14.0. The molecule has 1 aliphatic rings. The predicted molar refractivity (Wildman–Crippen MR) is 82.1 cm³/mol. The fraction of sp³-hybridized carbons (Fsp3) is 0.385. The molecular weight excluding hydrogens is 357 g/mol. The molecule has 0 unspecified atom stereocenters. The van der Waals surface area contributed by atoms with E-state index in [-0.39, 0.29) is 11.9 Å². The summed E-state index contributed by atoms with van der Waals surface area (Å²) in [5, 5.41) is 5.75. The lowest BCUT2D eigenvalue weighted by Gasteiger charge is -2.20. The smallest absolute Gasteiger partial charge is 0.324 e. The van der Waals surface area contributed by atoms with Crippen molar-refractivity contribution in [3.8, 4) is 0 Å². The molecule has 0 radical (unpaired) electrons. The summed E-state index contributed by atoms with van der Waals surface area (Å²) in [6.07, 6.45) is 0. The second kappa shape index (κ2) is 5.77. The number of imide groups is 1. The van der Waals surface area contributed by atoms with Crippen LogP contribution in [-0.4, -0.2) is 36.0 Å². The minimum atomic E-state index is -0.428. The Morgan fingerprint density at radius 1 is 1.53 bits per heavy atom. The molecule has 1 heterocycles. The lowest BCUT2D eigenvalue weighted by atomic mass is 10.2. The molecule has 1 saturated heterocycles. The van der Waals surface area contributed by atoms with Crippen LogP contribution in [0.2, 0.25) is 0 Å². The molecule has 1 aromatic rings. The minimum Gasteiger partial charge on any atom is -0.374 e. The third-order valence-corrected chi connectivity index (χ3v) is 4.21. The Morgan fingerprint density at radius 2 is 2.26 bits per heavy atom. The monoisotopic (exact) mass is 373 g/mol. The second-order valence-corrected chi connectivity index (χ2v) is 5.71. The fourth-order valence-electron chi connectivity index (χ4n) is 1.91. The molecule has 2 rings (SSSR count). The van der Waals surface area contributed by atoms with E-state index in [4.69, 9.17) is 0 Å². The molecule has 0 spiro atoms. The molecule has 0 aromatic heterocycles. The maximum atomic E-state index is 12.1. The molecule has 5 nitrogen and oxygen atoms in total. The molecule has 1 aromatic carbocycles. The van der Waals surface area contributed by atoms with Crippen molar-refractivity contribution in [3.05, 3.63) is 27.3 Å². The molecule has 1 fully saturated rings. The zero-order valence-electron chi connectivity index (χ0n) is 10.9. The number of hydrogen-bond donors (Lipinski definition) is 2. The van der Waals surface area contributed by atoms with Gasteiger partial charge in [0.25, 0.3) is 5.91 Å². The highest BCUT2D eigenvalue weighted by molar-refractivity contribution is 14.1. The first-order valence-electron chi connectivity index (χ1n) is 6.11. The second-order valence-electron chi connectivity index (χ2n) is 4.55.